The number of rotatable bonds is 4. The van der Waals surface area contributed by atoms with Crippen LogP contribution in [-0.4, -0.2) is 6.04 Å². The van der Waals surface area contributed by atoms with Gasteiger partial charge in [-0.1, -0.05) is 55.8 Å². The third-order valence-corrected chi connectivity index (χ3v) is 4.62. The van der Waals surface area contributed by atoms with Crippen molar-refractivity contribution in [1.82, 2.24) is 0 Å². The maximum absolute atomic E-state index is 6.22. The quantitative estimate of drug-likeness (QED) is 0.657. The van der Waals surface area contributed by atoms with Crippen molar-refractivity contribution >= 4 is 28.9 Å². The molecule has 0 saturated heterocycles. The van der Waals surface area contributed by atoms with Crippen molar-refractivity contribution in [3.63, 3.8) is 0 Å². The predicted molar refractivity (Wildman–Crippen MR) is 85.4 cm³/mol. The smallest absolute Gasteiger partial charge is 0.0652 e. The maximum Gasteiger partial charge on any atom is 0.0652 e. The lowest BCUT2D eigenvalue weighted by Crippen LogP contribution is -2.18. The topological polar surface area (TPSA) is 12.0 Å². The first-order valence-corrected chi connectivity index (χ1v) is 8.16. The van der Waals surface area contributed by atoms with E-state index in [1.807, 2.05) is 18.2 Å². The van der Waals surface area contributed by atoms with Crippen LogP contribution in [0.5, 0.6) is 0 Å². The van der Waals surface area contributed by atoms with Crippen molar-refractivity contribution in [3.05, 3.63) is 28.2 Å². The average Bonchev–Trinajstić information content (AvgIpc) is 2.59. The van der Waals surface area contributed by atoms with Crippen LogP contribution in [0.3, 0.4) is 0 Å². The van der Waals surface area contributed by atoms with Gasteiger partial charge in [-0.3, -0.25) is 0 Å². The van der Waals surface area contributed by atoms with Crippen LogP contribution in [-0.2, 0) is 0 Å². The van der Waals surface area contributed by atoms with Gasteiger partial charge in [0, 0.05) is 11.1 Å². The molecule has 0 amide bonds. The molecule has 1 aliphatic carbocycles. The van der Waals surface area contributed by atoms with Crippen LogP contribution in [0.1, 0.15) is 51.9 Å². The molecule has 0 aliphatic heterocycles. The summed E-state index contributed by atoms with van der Waals surface area (Å²) in [5, 5.41) is 5.01. The molecule has 2 unspecified atom stereocenters. The molecular weight excluding hydrogens is 277 g/mol. The Morgan fingerprint density at radius 2 is 2.00 bits per heavy atom. The molecule has 0 spiro atoms. The molecule has 1 N–H and O–H groups in total. The monoisotopic (exact) mass is 299 g/mol. The first-order valence-electron chi connectivity index (χ1n) is 7.40. The molecule has 1 aromatic carbocycles. The number of anilines is 1. The standard InChI is InChI=1S/C16H23Cl2N/c1-2-4-12-5-3-6-14(9-7-12)19-16-10-8-13(17)11-15(16)18/h8,10-12,14,19H,2-7,9H2,1H3. The zero-order chi connectivity index (χ0) is 13.7. The lowest BCUT2D eigenvalue weighted by Gasteiger charge is -2.19. The Balaban J connectivity index is 1.92. The Labute approximate surface area is 126 Å². The van der Waals surface area contributed by atoms with Crippen molar-refractivity contribution in [1.29, 1.82) is 0 Å². The number of hydrogen-bond donors (Lipinski definition) is 1. The second-order valence-corrected chi connectivity index (χ2v) is 6.47. The minimum atomic E-state index is 0.556. The zero-order valence-electron chi connectivity index (χ0n) is 11.6. The van der Waals surface area contributed by atoms with Gasteiger partial charge in [-0.05, 0) is 43.4 Å². The molecule has 19 heavy (non-hydrogen) atoms. The number of benzene rings is 1. The summed E-state index contributed by atoms with van der Waals surface area (Å²) in [5.41, 5.74) is 1.02. The van der Waals surface area contributed by atoms with Crippen LogP contribution in [0.25, 0.3) is 0 Å². The maximum atomic E-state index is 6.22. The average molecular weight is 300 g/mol. The fourth-order valence-electron chi connectivity index (χ4n) is 3.05. The van der Waals surface area contributed by atoms with Gasteiger partial charge in [-0.2, -0.15) is 0 Å². The Morgan fingerprint density at radius 3 is 2.74 bits per heavy atom. The molecule has 2 rings (SSSR count). The van der Waals surface area contributed by atoms with Crippen LogP contribution in [0.2, 0.25) is 10.0 Å². The van der Waals surface area contributed by atoms with E-state index in [1.54, 1.807) is 0 Å². The van der Waals surface area contributed by atoms with Gasteiger partial charge in [0.2, 0.25) is 0 Å². The molecule has 1 saturated carbocycles. The van der Waals surface area contributed by atoms with E-state index in [4.69, 9.17) is 23.2 Å². The van der Waals surface area contributed by atoms with Crippen LogP contribution in [0.15, 0.2) is 18.2 Å². The van der Waals surface area contributed by atoms with Crippen molar-refractivity contribution in [2.75, 3.05) is 5.32 Å². The number of hydrogen-bond acceptors (Lipinski definition) is 1. The summed E-state index contributed by atoms with van der Waals surface area (Å²) in [6, 6.07) is 6.24. The summed E-state index contributed by atoms with van der Waals surface area (Å²) in [7, 11) is 0. The summed E-state index contributed by atoms with van der Waals surface area (Å²) in [4.78, 5) is 0. The first-order chi connectivity index (χ1) is 9.19. The third-order valence-electron chi connectivity index (χ3n) is 4.08. The van der Waals surface area contributed by atoms with Gasteiger partial charge in [0.05, 0.1) is 10.7 Å². The van der Waals surface area contributed by atoms with E-state index in [0.717, 1.165) is 16.6 Å². The lowest BCUT2D eigenvalue weighted by atomic mass is 9.95. The summed E-state index contributed by atoms with van der Waals surface area (Å²) in [5.74, 6) is 0.928. The van der Waals surface area contributed by atoms with Gasteiger partial charge < -0.3 is 5.32 Å². The SMILES string of the molecule is CCCC1CCCC(Nc2ccc(Cl)cc2Cl)CC1. The van der Waals surface area contributed by atoms with E-state index in [0.29, 0.717) is 11.1 Å². The minimum absolute atomic E-state index is 0.556. The van der Waals surface area contributed by atoms with Crippen molar-refractivity contribution in [3.8, 4) is 0 Å². The Kier molecular flexibility index (Phi) is 5.84. The molecule has 1 fully saturated rings. The second kappa shape index (κ2) is 7.40. The van der Waals surface area contributed by atoms with Crippen LogP contribution in [0.4, 0.5) is 5.69 Å². The first kappa shape index (κ1) is 15.0. The van der Waals surface area contributed by atoms with Crippen LogP contribution in [0, 0.1) is 5.92 Å². The number of nitrogens with one attached hydrogen (secondary N) is 1. The minimum Gasteiger partial charge on any atom is -0.381 e. The molecule has 0 aromatic heterocycles. The summed E-state index contributed by atoms with van der Waals surface area (Å²) < 4.78 is 0. The molecule has 1 aromatic rings. The van der Waals surface area contributed by atoms with Gasteiger partial charge >= 0.3 is 0 Å². The Hall–Kier alpha value is -0.400. The highest BCUT2D eigenvalue weighted by molar-refractivity contribution is 6.36. The zero-order valence-corrected chi connectivity index (χ0v) is 13.1. The Bertz CT molecular complexity index is 406. The second-order valence-electron chi connectivity index (χ2n) is 5.63. The molecule has 0 bridgehead atoms. The highest BCUT2D eigenvalue weighted by atomic mass is 35.5. The number of halogens is 2. The van der Waals surface area contributed by atoms with Crippen molar-refractivity contribution < 1.29 is 0 Å². The van der Waals surface area contributed by atoms with Gasteiger partial charge in [0.1, 0.15) is 0 Å². The predicted octanol–water partition coefficient (Wildman–Crippen LogP) is 6.15. The highest BCUT2D eigenvalue weighted by Crippen LogP contribution is 2.31. The van der Waals surface area contributed by atoms with E-state index in [1.165, 1.54) is 44.9 Å². The Morgan fingerprint density at radius 1 is 1.16 bits per heavy atom. The summed E-state index contributed by atoms with van der Waals surface area (Å²) >= 11 is 12.1. The summed E-state index contributed by atoms with van der Waals surface area (Å²) in [6.07, 6.45) is 9.26. The molecule has 0 radical (unpaired) electrons. The van der Waals surface area contributed by atoms with E-state index in [9.17, 15) is 0 Å². The fourth-order valence-corrected chi connectivity index (χ4v) is 3.51. The molecule has 106 valence electrons. The lowest BCUT2D eigenvalue weighted by molar-refractivity contribution is 0.422. The fraction of sp³-hybridized carbons (Fsp3) is 0.625. The molecule has 1 aliphatic rings. The third kappa shape index (κ3) is 4.57. The van der Waals surface area contributed by atoms with E-state index in [2.05, 4.69) is 12.2 Å². The highest BCUT2D eigenvalue weighted by Gasteiger charge is 2.18. The normalized spacial score (nSPS) is 23.9. The molecule has 1 nitrogen and oxygen atoms in total. The molecule has 2 atom stereocenters. The van der Waals surface area contributed by atoms with Gasteiger partial charge in [0.15, 0.2) is 0 Å². The summed E-state index contributed by atoms with van der Waals surface area (Å²) in [6.45, 7) is 2.29. The largest absolute Gasteiger partial charge is 0.381 e. The van der Waals surface area contributed by atoms with Crippen molar-refractivity contribution in [2.24, 2.45) is 5.92 Å². The molecular formula is C16H23Cl2N. The van der Waals surface area contributed by atoms with E-state index in [-0.39, 0.29) is 0 Å². The van der Waals surface area contributed by atoms with Crippen LogP contribution < -0.4 is 5.32 Å². The van der Waals surface area contributed by atoms with Gasteiger partial charge in [0.25, 0.3) is 0 Å². The van der Waals surface area contributed by atoms with E-state index < -0.39 is 0 Å². The molecule has 3 heteroatoms. The van der Waals surface area contributed by atoms with Crippen LogP contribution >= 0.6 is 23.2 Å². The van der Waals surface area contributed by atoms with Gasteiger partial charge in [-0.15, -0.1) is 0 Å². The van der Waals surface area contributed by atoms with E-state index >= 15 is 0 Å². The molecule has 0 heterocycles. The van der Waals surface area contributed by atoms with Crippen molar-refractivity contribution in [2.45, 2.75) is 57.9 Å². The van der Waals surface area contributed by atoms with Gasteiger partial charge in [-0.25, -0.2) is 0 Å².